The predicted octanol–water partition coefficient (Wildman–Crippen LogP) is -2.22. The molecule has 0 aromatic rings. The Kier molecular flexibility index (Phi) is 21.1. The van der Waals surface area contributed by atoms with Crippen molar-refractivity contribution in [3.63, 3.8) is 0 Å². The molecule has 0 spiro atoms. The standard InChI is InChI=1S/C3H4O4.C3H7.K/c4-2(5)1-3(6)7;1-3-2;/h1H2,(H,4,5)(H,6,7);3H,1-2H3;/q;-1;+1. The van der Waals surface area contributed by atoms with E-state index in [9.17, 15) is 9.59 Å². The maximum absolute atomic E-state index is 9.43. The minimum Gasteiger partial charge on any atom is -0.481 e. The van der Waals surface area contributed by atoms with E-state index in [4.69, 9.17) is 10.2 Å². The van der Waals surface area contributed by atoms with Crippen LogP contribution in [0.5, 0.6) is 0 Å². The van der Waals surface area contributed by atoms with Gasteiger partial charge < -0.3 is 16.6 Å². The Labute approximate surface area is 108 Å². The van der Waals surface area contributed by atoms with Crippen molar-refractivity contribution < 1.29 is 71.2 Å². The van der Waals surface area contributed by atoms with E-state index in [0.717, 1.165) is 0 Å². The molecule has 0 heterocycles. The van der Waals surface area contributed by atoms with Crippen LogP contribution in [0.4, 0.5) is 0 Å². The third-order valence-corrected chi connectivity index (χ3v) is 0.302. The zero-order chi connectivity index (χ0) is 8.57. The Morgan fingerprint density at radius 3 is 1.36 bits per heavy atom. The summed E-state index contributed by atoms with van der Waals surface area (Å²) in [5.41, 5.74) is 0. The Bertz CT molecular complexity index is 101. The molecule has 0 saturated carbocycles. The van der Waals surface area contributed by atoms with Crippen LogP contribution in [0.1, 0.15) is 20.3 Å². The van der Waals surface area contributed by atoms with E-state index in [-0.39, 0.29) is 51.4 Å². The fourth-order valence-corrected chi connectivity index (χ4v) is 0.129. The smallest absolute Gasteiger partial charge is 0.481 e. The van der Waals surface area contributed by atoms with Crippen molar-refractivity contribution >= 4 is 11.9 Å². The summed E-state index contributed by atoms with van der Waals surface area (Å²) in [6, 6.07) is 0. The average Bonchev–Trinajstić information content (AvgIpc) is 1.62. The van der Waals surface area contributed by atoms with Crippen LogP contribution >= 0.6 is 0 Å². The van der Waals surface area contributed by atoms with Crippen LogP contribution in [0.2, 0.25) is 0 Å². The normalized spacial score (nSPS) is 6.73. The zero-order valence-corrected chi connectivity index (χ0v) is 10.1. The van der Waals surface area contributed by atoms with Gasteiger partial charge in [0.05, 0.1) is 0 Å². The van der Waals surface area contributed by atoms with E-state index < -0.39 is 18.4 Å². The van der Waals surface area contributed by atoms with Crippen molar-refractivity contribution in [2.75, 3.05) is 0 Å². The number of hydrogen-bond acceptors (Lipinski definition) is 2. The van der Waals surface area contributed by atoms with Gasteiger partial charge >= 0.3 is 63.3 Å². The summed E-state index contributed by atoms with van der Waals surface area (Å²) < 4.78 is 0. The summed E-state index contributed by atoms with van der Waals surface area (Å²) >= 11 is 0. The fraction of sp³-hybridized carbons (Fsp3) is 0.500. The third-order valence-electron chi connectivity index (χ3n) is 0.302. The molecule has 0 rings (SSSR count). The first-order chi connectivity index (χ1) is 4.54. The summed E-state index contributed by atoms with van der Waals surface area (Å²) in [5.74, 6) is -2.62. The Balaban J connectivity index is -0.000000140. The van der Waals surface area contributed by atoms with Crippen LogP contribution < -0.4 is 51.4 Å². The summed E-state index contributed by atoms with van der Waals surface area (Å²) in [5, 5.41) is 15.4. The number of hydrogen-bond donors (Lipinski definition) is 2. The van der Waals surface area contributed by atoms with Crippen LogP contribution in [0, 0.1) is 6.42 Å². The minimum atomic E-state index is -1.31. The Morgan fingerprint density at radius 1 is 1.18 bits per heavy atom. The molecule has 0 unspecified atom stereocenters. The molecule has 0 fully saturated rings. The maximum Gasteiger partial charge on any atom is 1.00 e. The molecule has 0 saturated heterocycles. The first-order valence-corrected chi connectivity index (χ1v) is 2.72. The molecular weight excluding hydrogens is 175 g/mol. The van der Waals surface area contributed by atoms with Crippen LogP contribution in [0.25, 0.3) is 0 Å². The van der Waals surface area contributed by atoms with Crippen LogP contribution in [-0.2, 0) is 9.59 Å². The summed E-state index contributed by atoms with van der Waals surface area (Å²) in [7, 11) is 0. The fourth-order valence-electron chi connectivity index (χ4n) is 0.129. The molecule has 0 aromatic carbocycles. The van der Waals surface area contributed by atoms with E-state index in [2.05, 4.69) is 0 Å². The van der Waals surface area contributed by atoms with Crippen molar-refractivity contribution in [3.8, 4) is 0 Å². The van der Waals surface area contributed by atoms with Crippen molar-refractivity contribution in [3.05, 3.63) is 6.42 Å². The van der Waals surface area contributed by atoms with Gasteiger partial charge in [0.15, 0.2) is 0 Å². The van der Waals surface area contributed by atoms with Gasteiger partial charge in [-0.2, -0.15) is 13.8 Å². The average molecular weight is 186 g/mol. The molecule has 0 atom stereocenters. The number of rotatable bonds is 2. The van der Waals surface area contributed by atoms with Gasteiger partial charge in [0.25, 0.3) is 0 Å². The molecule has 0 aliphatic heterocycles. The largest absolute Gasteiger partial charge is 1.00 e. The van der Waals surface area contributed by atoms with Gasteiger partial charge in [0.1, 0.15) is 6.42 Å². The molecule has 60 valence electrons. The number of carboxylic acid groups (broad SMARTS) is 2. The molecule has 0 aliphatic carbocycles. The topological polar surface area (TPSA) is 74.6 Å². The van der Waals surface area contributed by atoms with Gasteiger partial charge in [-0.25, -0.2) is 0 Å². The molecule has 11 heavy (non-hydrogen) atoms. The monoisotopic (exact) mass is 186 g/mol. The second-order valence-electron chi connectivity index (χ2n) is 1.54. The second-order valence-corrected chi connectivity index (χ2v) is 1.54. The molecule has 0 bridgehead atoms. The molecule has 4 nitrogen and oxygen atoms in total. The van der Waals surface area contributed by atoms with Gasteiger partial charge in [-0.15, -0.1) is 0 Å². The van der Waals surface area contributed by atoms with Crippen molar-refractivity contribution in [2.24, 2.45) is 0 Å². The molecule has 0 radical (unpaired) electrons. The molecule has 0 amide bonds. The first kappa shape index (κ1) is 17.6. The van der Waals surface area contributed by atoms with Crippen molar-refractivity contribution in [1.29, 1.82) is 0 Å². The number of carboxylic acids is 2. The molecular formula is C6H11KO4. The number of aliphatic carboxylic acids is 2. The van der Waals surface area contributed by atoms with Crippen LogP contribution in [0.15, 0.2) is 0 Å². The van der Waals surface area contributed by atoms with Crippen molar-refractivity contribution in [1.82, 2.24) is 0 Å². The van der Waals surface area contributed by atoms with E-state index >= 15 is 0 Å². The quantitative estimate of drug-likeness (QED) is 0.291. The van der Waals surface area contributed by atoms with Crippen LogP contribution in [-0.4, -0.2) is 22.2 Å². The van der Waals surface area contributed by atoms with Gasteiger partial charge in [0.2, 0.25) is 0 Å². The summed E-state index contributed by atoms with van der Waals surface area (Å²) in [6.07, 6.45) is 1.19. The molecule has 0 aliphatic rings. The molecule has 0 aromatic heterocycles. The second kappa shape index (κ2) is 13.2. The van der Waals surface area contributed by atoms with E-state index in [0.29, 0.717) is 0 Å². The molecule has 5 heteroatoms. The van der Waals surface area contributed by atoms with Gasteiger partial charge in [0, 0.05) is 0 Å². The van der Waals surface area contributed by atoms with E-state index in [1.165, 1.54) is 0 Å². The van der Waals surface area contributed by atoms with Gasteiger partial charge in [-0.1, -0.05) is 0 Å². The van der Waals surface area contributed by atoms with E-state index in [1.807, 2.05) is 20.3 Å². The Morgan fingerprint density at radius 2 is 1.36 bits per heavy atom. The SMILES string of the molecule is C[CH-]C.O=C(O)CC(=O)O.[K+]. The predicted molar refractivity (Wildman–Crippen MR) is 35.5 cm³/mol. The minimum absolute atomic E-state index is 0. The third kappa shape index (κ3) is 37.1. The van der Waals surface area contributed by atoms with Crippen LogP contribution in [0.3, 0.4) is 0 Å². The number of carbonyl (C=O) groups is 2. The van der Waals surface area contributed by atoms with Gasteiger partial charge in [-0.05, 0) is 0 Å². The summed E-state index contributed by atoms with van der Waals surface area (Å²) in [6.45, 7) is 4.00. The van der Waals surface area contributed by atoms with E-state index in [1.54, 1.807) is 0 Å². The molecule has 2 N–H and O–H groups in total. The Hall–Kier alpha value is 0.576. The van der Waals surface area contributed by atoms with Gasteiger partial charge in [-0.3, -0.25) is 9.59 Å². The first-order valence-electron chi connectivity index (χ1n) is 2.72. The maximum atomic E-state index is 9.43. The summed E-state index contributed by atoms with van der Waals surface area (Å²) in [4.78, 5) is 18.9. The van der Waals surface area contributed by atoms with Crippen molar-refractivity contribution in [2.45, 2.75) is 20.3 Å². The zero-order valence-electron chi connectivity index (χ0n) is 7.00.